The minimum atomic E-state index is 0.890. The highest BCUT2D eigenvalue weighted by Crippen LogP contribution is 2.16. The van der Waals surface area contributed by atoms with E-state index >= 15 is 0 Å². The largest absolute Gasteiger partial charge is 0.0936 e. The van der Waals surface area contributed by atoms with Gasteiger partial charge in [-0.1, -0.05) is 44.5 Å². The minimum absolute atomic E-state index is 0.890. The van der Waals surface area contributed by atoms with Gasteiger partial charge in [-0.15, -0.1) is 0 Å². The second kappa shape index (κ2) is 3.47. The van der Waals surface area contributed by atoms with Crippen molar-refractivity contribution in [3.63, 3.8) is 0 Å². The number of rotatable bonds is 1. The summed E-state index contributed by atoms with van der Waals surface area (Å²) in [6.07, 6.45) is 0. The van der Waals surface area contributed by atoms with E-state index in [1.807, 2.05) is 0 Å². The monoisotopic (exact) mass is 188 g/mol. The lowest BCUT2D eigenvalue weighted by molar-refractivity contribution is 1.51. The lowest BCUT2D eigenvalue weighted by Gasteiger charge is -2.01. The van der Waals surface area contributed by atoms with Crippen molar-refractivity contribution in [3.8, 4) is 0 Å². The van der Waals surface area contributed by atoms with Crippen molar-refractivity contribution in [2.75, 3.05) is 6.66 Å². The maximum absolute atomic E-state index is 2.29. The Morgan fingerprint density at radius 3 is 2.46 bits per heavy atom. The van der Waals surface area contributed by atoms with Crippen LogP contribution in [0.15, 0.2) is 36.4 Å². The molecule has 0 saturated carbocycles. The van der Waals surface area contributed by atoms with E-state index in [9.17, 15) is 0 Å². The molecule has 0 heterocycles. The first kappa shape index (κ1) is 8.72. The second-order valence-electron chi connectivity index (χ2n) is 3.32. The summed E-state index contributed by atoms with van der Waals surface area (Å²) in [5, 5.41) is 4.15. The topological polar surface area (TPSA) is 0 Å². The lowest BCUT2D eigenvalue weighted by atomic mass is 10.1. The number of fused-ring (bicyclic) bond motifs is 1. The summed E-state index contributed by atoms with van der Waals surface area (Å²) in [5.41, 5.74) is 1.34. The van der Waals surface area contributed by atoms with Crippen molar-refractivity contribution in [1.29, 1.82) is 0 Å². The van der Waals surface area contributed by atoms with E-state index in [4.69, 9.17) is 0 Å². The molecule has 66 valence electrons. The van der Waals surface area contributed by atoms with E-state index < -0.39 is 0 Å². The van der Waals surface area contributed by atoms with Crippen LogP contribution >= 0.6 is 8.58 Å². The quantitative estimate of drug-likeness (QED) is 0.603. The third kappa shape index (κ3) is 1.73. The molecule has 0 aliphatic heterocycles. The number of hydrogen-bond acceptors (Lipinski definition) is 0. The number of aryl methyl sites for hydroxylation is 1. The summed E-state index contributed by atoms with van der Waals surface area (Å²) >= 11 is 0. The molecule has 0 fully saturated rings. The molecule has 0 aliphatic carbocycles. The third-order valence-corrected chi connectivity index (χ3v) is 3.17. The molecule has 1 unspecified atom stereocenters. The van der Waals surface area contributed by atoms with Gasteiger partial charge in [-0.05, 0) is 35.7 Å². The maximum Gasteiger partial charge on any atom is -0.0175 e. The summed E-state index contributed by atoms with van der Waals surface area (Å²) in [7, 11) is 0.890. The molecule has 0 bridgehead atoms. The fourth-order valence-electron chi connectivity index (χ4n) is 1.52. The molecule has 0 aromatic heterocycles. The molecule has 2 aromatic carbocycles. The zero-order valence-electron chi connectivity index (χ0n) is 7.96. The molecule has 0 N–H and O–H groups in total. The van der Waals surface area contributed by atoms with Crippen LogP contribution < -0.4 is 5.30 Å². The van der Waals surface area contributed by atoms with Gasteiger partial charge in [0.1, 0.15) is 0 Å². The first-order chi connectivity index (χ1) is 6.29. The fourth-order valence-corrected chi connectivity index (χ4v) is 2.07. The van der Waals surface area contributed by atoms with E-state index in [2.05, 4.69) is 50.0 Å². The highest BCUT2D eigenvalue weighted by atomic mass is 31.1. The van der Waals surface area contributed by atoms with Gasteiger partial charge in [-0.3, -0.25) is 0 Å². The van der Waals surface area contributed by atoms with Gasteiger partial charge in [0.2, 0.25) is 0 Å². The van der Waals surface area contributed by atoms with Gasteiger partial charge in [0.05, 0.1) is 0 Å². The van der Waals surface area contributed by atoms with Crippen molar-refractivity contribution >= 4 is 24.7 Å². The van der Waals surface area contributed by atoms with E-state index in [0.29, 0.717) is 0 Å². The molecule has 2 aromatic rings. The summed E-state index contributed by atoms with van der Waals surface area (Å²) < 4.78 is 0. The van der Waals surface area contributed by atoms with Crippen LogP contribution in [0, 0.1) is 6.92 Å². The van der Waals surface area contributed by atoms with Crippen LogP contribution in [0.25, 0.3) is 10.8 Å². The van der Waals surface area contributed by atoms with E-state index in [1.165, 1.54) is 21.6 Å². The molecule has 0 saturated heterocycles. The average molecular weight is 188 g/mol. The van der Waals surface area contributed by atoms with Crippen LogP contribution in [-0.4, -0.2) is 6.66 Å². The molecule has 0 nitrogen and oxygen atoms in total. The van der Waals surface area contributed by atoms with Gasteiger partial charge in [-0.2, -0.15) is 0 Å². The van der Waals surface area contributed by atoms with Crippen molar-refractivity contribution in [1.82, 2.24) is 0 Å². The molecular weight excluding hydrogens is 175 g/mol. The average Bonchev–Trinajstić information content (AvgIpc) is 2.16. The van der Waals surface area contributed by atoms with Gasteiger partial charge in [0.25, 0.3) is 0 Å². The van der Waals surface area contributed by atoms with Crippen LogP contribution in [0.1, 0.15) is 5.56 Å². The molecule has 0 aliphatic rings. The Hall–Kier alpha value is -0.870. The first-order valence-corrected chi connectivity index (χ1v) is 5.98. The van der Waals surface area contributed by atoms with Gasteiger partial charge in [0, 0.05) is 0 Å². The summed E-state index contributed by atoms with van der Waals surface area (Å²) in [6, 6.07) is 13.3. The molecule has 1 heteroatoms. The first-order valence-electron chi connectivity index (χ1n) is 4.48. The Kier molecular flexibility index (Phi) is 2.33. The normalized spacial score (nSPS) is 11.5. The predicted molar refractivity (Wildman–Crippen MR) is 62.6 cm³/mol. The molecule has 0 radical (unpaired) electrons. The summed E-state index contributed by atoms with van der Waals surface area (Å²) in [5.74, 6) is 0. The Balaban J connectivity index is 2.68. The van der Waals surface area contributed by atoms with Crippen molar-refractivity contribution in [3.05, 3.63) is 42.0 Å². The van der Waals surface area contributed by atoms with Crippen LogP contribution in [0.3, 0.4) is 0 Å². The predicted octanol–water partition coefficient (Wildman–Crippen LogP) is 3.08. The maximum atomic E-state index is 2.29. The zero-order valence-corrected chi connectivity index (χ0v) is 8.96. The summed E-state index contributed by atoms with van der Waals surface area (Å²) in [4.78, 5) is 0. The van der Waals surface area contributed by atoms with Crippen LogP contribution in [0.4, 0.5) is 0 Å². The van der Waals surface area contributed by atoms with Crippen molar-refractivity contribution < 1.29 is 0 Å². The molecular formula is C12H13P. The SMILES string of the molecule is CPc1ccc2ccc(C)cc2c1. The van der Waals surface area contributed by atoms with Gasteiger partial charge in [-0.25, -0.2) is 0 Å². The second-order valence-corrected chi connectivity index (χ2v) is 4.39. The molecule has 2 rings (SSSR count). The molecule has 1 atom stereocenters. The Morgan fingerprint density at radius 2 is 1.69 bits per heavy atom. The Labute approximate surface area is 80.8 Å². The smallest absolute Gasteiger partial charge is 0.0175 e. The highest BCUT2D eigenvalue weighted by molar-refractivity contribution is 7.46. The molecule has 0 spiro atoms. The number of hydrogen-bond donors (Lipinski definition) is 0. The van der Waals surface area contributed by atoms with E-state index in [-0.39, 0.29) is 0 Å². The zero-order chi connectivity index (χ0) is 9.26. The van der Waals surface area contributed by atoms with Crippen LogP contribution in [0.5, 0.6) is 0 Å². The van der Waals surface area contributed by atoms with Gasteiger partial charge >= 0.3 is 0 Å². The highest BCUT2D eigenvalue weighted by Gasteiger charge is 1.94. The standard InChI is InChI=1S/C12H13P/c1-9-3-4-10-5-6-12(13-2)8-11(10)7-9/h3-8,13H,1-2H3. The minimum Gasteiger partial charge on any atom is -0.0936 e. The van der Waals surface area contributed by atoms with Gasteiger partial charge < -0.3 is 0 Å². The lowest BCUT2D eigenvalue weighted by Crippen LogP contribution is -1.91. The van der Waals surface area contributed by atoms with E-state index in [1.54, 1.807) is 0 Å². The van der Waals surface area contributed by atoms with Gasteiger partial charge in [0.15, 0.2) is 0 Å². The summed E-state index contributed by atoms with van der Waals surface area (Å²) in [6.45, 7) is 4.36. The molecule has 13 heavy (non-hydrogen) atoms. The Morgan fingerprint density at radius 1 is 0.923 bits per heavy atom. The van der Waals surface area contributed by atoms with Crippen LogP contribution in [-0.2, 0) is 0 Å². The molecule has 0 amide bonds. The van der Waals surface area contributed by atoms with Crippen molar-refractivity contribution in [2.45, 2.75) is 6.92 Å². The van der Waals surface area contributed by atoms with Crippen LogP contribution in [0.2, 0.25) is 0 Å². The Bertz CT molecular complexity index is 432. The third-order valence-electron chi connectivity index (χ3n) is 2.28. The van der Waals surface area contributed by atoms with E-state index in [0.717, 1.165) is 8.58 Å². The fraction of sp³-hybridized carbons (Fsp3) is 0.167. The van der Waals surface area contributed by atoms with Crippen molar-refractivity contribution in [2.24, 2.45) is 0 Å². The number of benzene rings is 2.